The van der Waals surface area contributed by atoms with E-state index in [2.05, 4.69) is 24.3 Å². The normalized spacial score (nSPS) is 17.0. The summed E-state index contributed by atoms with van der Waals surface area (Å²) in [4.78, 5) is 27.0. The Morgan fingerprint density at radius 3 is 2.19 bits per heavy atom. The zero-order chi connectivity index (χ0) is 19.1. The third-order valence-corrected chi connectivity index (χ3v) is 5.18. The van der Waals surface area contributed by atoms with Gasteiger partial charge in [0.1, 0.15) is 0 Å². The maximum Gasteiger partial charge on any atom is 0.310 e. The Morgan fingerprint density at radius 2 is 1.63 bits per heavy atom. The van der Waals surface area contributed by atoms with Gasteiger partial charge in [-0.1, -0.05) is 60.7 Å². The minimum atomic E-state index is -0.199. The molecule has 27 heavy (non-hydrogen) atoms. The molecule has 1 aliphatic heterocycles. The first-order chi connectivity index (χ1) is 13.2. The van der Waals surface area contributed by atoms with Crippen LogP contribution in [0.4, 0.5) is 0 Å². The zero-order valence-electron chi connectivity index (χ0n) is 15.8. The van der Waals surface area contributed by atoms with Crippen LogP contribution in [0, 0.1) is 5.92 Å². The second kappa shape index (κ2) is 9.36. The number of amides is 1. The van der Waals surface area contributed by atoms with E-state index in [4.69, 9.17) is 4.74 Å². The summed E-state index contributed by atoms with van der Waals surface area (Å²) < 4.78 is 5.15. The molecule has 1 saturated heterocycles. The van der Waals surface area contributed by atoms with Gasteiger partial charge in [0.15, 0.2) is 0 Å². The van der Waals surface area contributed by atoms with Gasteiger partial charge >= 0.3 is 5.97 Å². The summed E-state index contributed by atoms with van der Waals surface area (Å²) in [5, 5.41) is 0. The summed E-state index contributed by atoms with van der Waals surface area (Å²) in [7, 11) is 0. The number of nitrogens with zero attached hydrogens (tertiary/aromatic N) is 1. The minimum Gasteiger partial charge on any atom is -0.466 e. The van der Waals surface area contributed by atoms with Gasteiger partial charge in [0.25, 0.3) is 0 Å². The molecule has 3 rings (SSSR count). The number of benzene rings is 2. The minimum absolute atomic E-state index is 0.0165. The molecule has 4 heteroatoms. The van der Waals surface area contributed by atoms with Crippen molar-refractivity contribution in [3.8, 4) is 0 Å². The standard InChI is InChI=1S/C23H27NO3/c1-2-27-23(26)20-14-9-15-24(17-20)22(25)16-21(18-10-5-3-6-11-18)19-12-7-4-8-13-19/h3-8,10-13,20-21H,2,9,14-17H2,1H3/t20-/m1/s1. The maximum absolute atomic E-state index is 13.1. The van der Waals surface area contributed by atoms with E-state index in [-0.39, 0.29) is 23.7 Å². The zero-order valence-corrected chi connectivity index (χ0v) is 15.8. The van der Waals surface area contributed by atoms with E-state index in [1.807, 2.05) is 48.2 Å². The Labute approximate surface area is 161 Å². The van der Waals surface area contributed by atoms with Crippen LogP contribution in [0.3, 0.4) is 0 Å². The van der Waals surface area contributed by atoms with Crippen molar-refractivity contribution in [3.63, 3.8) is 0 Å². The number of hydrogen-bond acceptors (Lipinski definition) is 3. The fraction of sp³-hybridized carbons (Fsp3) is 0.391. The third-order valence-electron chi connectivity index (χ3n) is 5.18. The molecule has 1 aliphatic rings. The molecule has 0 radical (unpaired) electrons. The average molecular weight is 365 g/mol. The number of esters is 1. The van der Waals surface area contributed by atoms with Crippen molar-refractivity contribution in [1.29, 1.82) is 0 Å². The molecule has 2 aromatic carbocycles. The molecule has 0 bridgehead atoms. The molecule has 1 amide bonds. The van der Waals surface area contributed by atoms with Crippen LogP contribution in [0.1, 0.15) is 43.2 Å². The summed E-state index contributed by atoms with van der Waals surface area (Å²) in [5.41, 5.74) is 2.27. The van der Waals surface area contributed by atoms with Crippen LogP contribution in [0.2, 0.25) is 0 Å². The van der Waals surface area contributed by atoms with Gasteiger partial charge in [-0.15, -0.1) is 0 Å². The number of ether oxygens (including phenoxy) is 1. The van der Waals surface area contributed by atoms with Crippen molar-refractivity contribution in [2.75, 3.05) is 19.7 Å². The van der Waals surface area contributed by atoms with Gasteiger partial charge in [-0.25, -0.2) is 0 Å². The first-order valence-electron chi connectivity index (χ1n) is 9.73. The molecule has 1 fully saturated rings. The van der Waals surface area contributed by atoms with Crippen molar-refractivity contribution >= 4 is 11.9 Å². The molecule has 0 N–H and O–H groups in total. The van der Waals surface area contributed by atoms with Gasteiger partial charge in [0.2, 0.25) is 5.91 Å². The van der Waals surface area contributed by atoms with E-state index >= 15 is 0 Å². The van der Waals surface area contributed by atoms with Gasteiger partial charge in [0, 0.05) is 25.4 Å². The molecular formula is C23H27NO3. The monoisotopic (exact) mass is 365 g/mol. The van der Waals surface area contributed by atoms with E-state index in [9.17, 15) is 9.59 Å². The molecule has 142 valence electrons. The Hall–Kier alpha value is -2.62. The SMILES string of the molecule is CCOC(=O)[C@@H]1CCCN(C(=O)CC(c2ccccc2)c2ccccc2)C1. The van der Waals surface area contributed by atoms with E-state index in [0.29, 0.717) is 26.1 Å². The van der Waals surface area contributed by atoms with Crippen molar-refractivity contribution in [2.45, 2.75) is 32.1 Å². The predicted molar refractivity (Wildman–Crippen MR) is 105 cm³/mol. The van der Waals surface area contributed by atoms with Gasteiger partial charge in [0.05, 0.1) is 12.5 Å². The molecule has 1 atom stereocenters. The van der Waals surface area contributed by atoms with Gasteiger partial charge in [-0.3, -0.25) is 9.59 Å². The quantitative estimate of drug-likeness (QED) is 0.727. The Balaban J connectivity index is 1.74. The fourth-order valence-corrected chi connectivity index (χ4v) is 3.76. The largest absolute Gasteiger partial charge is 0.466 e. The van der Waals surface area contributed by atoms with Crippen molar-refractivity contribution in [1.82, 2.24) is 4.90 Å². The molecule has 0 saturated carbocycles. The summed E-state index contributed by atoms with van der Waals surface area (Å²) in [6.07, 6.45) is 2.05. The van der Waals surface area contributed by atoms with Crippen LogP contribution in [0.25, 0.3) is 0 Å². The number of hydrogen-bond donors (Lipinski definition) is 0. The number of carbonyl (C=O) groups is 2. The van der Waals surface area contributed by atoms with Crippen LogP contribution in [-0.4, -0.2) is 36.5 Å². The number of piperidine rings is 1. The Kier molecular flexibility index (Phi) is 6.64. The highest BCUT2D eigenvalue weighted by Crippen LogP contribution is 2.29. The summed E-state index contributed by atoms with van der Waals surface area (Å²) in [6, 6.07) is 20.3. The second-order valence-electron chi connectivity index (χ2n) is 7.01. The number of rotatable bonds is 6. The summed E-state index contributed by atoms with van der Waals surface area (Å²) >= 11 is 0. The van der Waals surface area contributed by atoms with Crippen LogP contribution in [0.15, 0.2) is 60.7 Å². The summed E-state index contributed by atoms with van der Waals surface area (Å²) in [6.45, 7) is 3.38. The molecular weight excluding hydrogens is 338 g/mol. The van der Waals surface area contributed by atoms with E-state index in [1.54, 1.807) is 0 Å². The van der Waals surface area contributed by atoms with Crippen LogP contribution < -0.4 is 0 Å². The van der Waals surface area contributed by atoms with Gasteiger partial charge in [-0.2, -0.15) is 0 Å². The number of likely N-dealkylation sites (tertiary alicyclic amines) is 1. The average Bonchev–Trinajstić information content (AvgIpc) is 2.73. The molecule has 1 heterocycles. The third kappa shape index (κ3) is 4.97. The fourth-order valence-electron chi connectivity index (χ4n) is 3.76. The predicted octanol–water partition coefficient (Wildman–Crippen LogP) is 4.01. The molecule has 4 nitrogen and oxygen atoms in total. The molecule has 0 aliphatic carbocycles. The van der Waals surface area contributed by atoms with Crippen molar-refractivity contribution in [3.05, 3.63) is 71.8 Å². The Bertz CT molecular complexity index is 705. The van der Waals surface area contributed by atoms with Gasteiger partial charge in [-0.05, 0) is 30.9 Å². The molecule has 0 spiro atoms. The topological polar surface area (TPSA) is 46.6 Å². The smallest absolute Gasteiger partial charge is 0.310 e. The molecule has 0 unspecified atom stereocenters. The van der Waals surface area contributed by atoms with Crippen molar-refractivity contribution < 1.29 is 14.3 Å². The Morgan fingerprint density at radius 1 is 1.04 bits per heavy atom. The van der Waals surface area contributed by atoms with E-state index in [1.165, 1.54) is 0 Å². The van der Waals surface area contributed by atoms with Crippen LogP contribution in [0.5, 0.6) is 0 Å². The molecule has 2 aromatic rings. The number of carbonyl (C=O) groups excluding carboxylic acids is 2. The van der Waals surface area contributed by atoms with Crippen LogP contribution >= 0.6 is 0 Å². The highest BCUT2D eigenvalue weighted by Gasteiger charge is 2.30. The van der Waals surface area contributed by atoms with Gasteiger partial charge < -0.3 is 9.64 Å². The van der Waals surface area contributed by atoms with Crippen molar-refractivity contribution in [2.24, 2.45) is 5.92 Å². The van der Waals surface area contributed by atoms with Crippen LogP contribution in [-0.2, 0) is 14.3 Å². The highest BCUT2D eigenvalue weighted by molar-refractivity contribution is 5.79. The lowest BCUT2D eigenvalue weighted by Crippen LogP contribution is -2.43. The van der Waals surface area contributed by atoms with E-state index in [0.717, 1.165) is 24.0 Å². The first-order valence-corrected chi connectivity index (χ1v) is 9.73. The lowest BCUT2D eigenvalue weighted by molar-refractivity contribution is -0.151. The summed E-state index contributed by atoms with van der Waals surface area (Å²) in [5.74, 6) is -0.267. The second-order valence-corrected chi connectivity index (χ2v) is 7.01. The molecule has 0 aromatic heterocycles. The maximum atomic E-state index is 13.1. The first kappa shape index (κ1) is 19.2. The lowest BCUT2D eigenvalue weighted by Gasteiger charge is -2.32. The lowest BCUT2D eigenvalue weighted by atomic mass is 9.87. The van der Waals surface area contributed by atoms with E-state index < -0.39 is 0 Å². The highest BCUT2D eigenvalue weighted by atomic mass is 16.5.